The van der Waals surface area contributed by atoms with Gasteiger partial charge >= 0.3 is 0 Å². The van der Waals surface area contributed by atoms with Crippen molar-refractivity contribution in [3.8, 4) is 33.4 Å². The number of benzene rings is 6. The average Bonchev–Trinajstić information content (AvgIpc) is 3.45. The highest BCUT2D eigenvalue weighted by molar-refractivity contribution is 6.20. The summed E-state index contributed by atoms with van der Waals surface area (Å²) >= 11 is 0. The van der Waals surface area contributed by atoms with Gasteiger partial charge in [0.25, 0.3) is 0 Å². The zero-order valence-corrected chi connectivity index (χ0v) is 21.5. The molecular formula is C37H27N. The van der Waals surface area contributed by atoms with Crippen LogP contribution in [0.2, 0.25) is 0 Å². The molecule has 0 saturated heterocycles. The van der Waals surface area contributed by atoms with Crippen molar-refractivity contribution >= 4 is 32.6 Å². The summed E-state index contributed by atoms with van der Waals surface area (Å²) in [5.41, 5.74) is 12.9. The molecule has 0 amide bonds. The lowest BCUT2D eigenvalue weighted by molar-refractivity contribution is 0.660. The summed E-state index contributed by atoms with van der Waals surface area (Å²) in [4.78, 5) is 3.63. The van der Waals surface area contributed by atoms with E-state index in [1.165, 1.54) is 77.1 Å². The maximum absolute atomic E-state index is 3.63. The lowest BCUT2D eigenvalue weighted by Crippen LogP contribution is -2.14. The highest BCUT2D eigenvalue weighted by atomic mass is 14.7. The molecule has 0 atom stereocenters. The second-order valence-electron chi connectivity index (χ2n) is 11.1. The second kappa shape index (κ2) is 7.69. The van der Waals surface area contributed by atoms with E-state index in [9.17, 15) is 0 Å². The number of hydrogen-bond acceptors (Lipinski definition) is 0. The minimum Gasteiger partial charge on any atom is -0.354 e. The quantitative estimate of drug-likeness (QED) is 0.251. The zero-order valence-electron chi connectivity index (χ0n) is 21.5. The van der Waals surface area contributed by atoms with Gasteiger partial charge in [0.15, 0.2) is 0 Å². The van der Waals surface area contributed by atoms with Gasteiger partial charge in [0, 0.05) is 27.2 Å². The topological polar surface area (TPSA) is 15.8 Å². The molecule has 1 aliphatic carbocycles. The molecule has 8 rings (SSSR count). The van der Waals surface area contributed by atoms with E-state index in [-0.39, 0.29) is 5.41 Å². The van der Waals surface area contributed by atoms with Gasteiger partial charge in [-0.3, -0.25) is 0 Å². The fourth-order valence-corrected chi connectivity index (χ4v) is 6.61. The summed E-state index contributed by atoms with van der Waals surface area (Å²) in [5, 5.41) is 5.15. The first-order valence-corrected chi connectivity index (χ1v) is 13.4. The first kappa shape index (κ1) is 21.5. The molecule has 1 N–H and O–H groups in total. The number of rotatable bonds is 2. The van der Waals surface area contributed by atoms with Gasteiger partial charge in [-0.25, -0.2) is 0 Å². The zero-order chi connectivity index (χ0) is 25.4. The minimum absolute atomic E-state index is 0.00267. The Hall–Kier alpha value is -4.62. The van der Waals surface area contributed by atoms with E-state index in [1.807, 2.05) is 0 Å². The average molecular weight is 486 g/mol. The van der Waals surface area contributed by atoms with Crippen LogP contribution in [0.25, 0.3) is 66.0 Å². The van der Waals surface area contributed by atoms with Crippen molar-refractivity contribution in [2.45, 2.75) is 19.3 Å². The van der Waals surface area contributed by atoms with Crippen molar-refractivity contribution in [3.63, 3.8) is 0 Å². The van der Waals surface area contributed by atoms with Crippen LogP contribution in [0.1, 0.15) is 25.0 Å². The summed E-state index contributed by atoms with van der Waals surface area (Å²) < 4.78 is 0. The van der Waals surface area contributed by atoms with Crippen LogP contribution in [-0.2, 0) is 5.41 Å². The number of aromatic amines is 1. The molecular weight excluding hydrogens is 458 g/mol. The number of nitrogens with one attached hydrogen (secondary N) is 1. The summed E-state index contributed by atoms with van der Waals surface area (Å²) in [7, 11) is 0. The second-order valence-corrected chi connectivity index (χ2v) is 11.1. The van der Waals surface area contributed by atoms with Crippen molar-refractivity contribution in [3.05, 3.63) is 132 Å². The van der Waals surface area contributed by atoms with E-state index in [1.54, 1.807) is 0 Å². The van der Waals surface area contributed by atoms with Gasteiger partial charge in [-0.15, -0.1) is 0 Å². The maximum Gasteiger partial charge on any atom is 0.0471 e. The number of H-pyrrole nitrogens is 1. The van der Waals surface area contributed by atoms with Gasteiger partial charge in [0.1, 0.15) is 0 Å². The lowest BCUT2D eigenvalue weighted by atomic mass is 9.81. The van der Waals surface area contributed by atoms with Crippen LogP contribution in [0.5, 0.6) is 0 Å². The third-order valence-corrected chi connectivity index (χ3v) is 8.60. The van der Waals surface area contributed by atoms with Gasteiger partial charge in [-0.2, -0.15) is 0 Å². The Morgan fingerprint density at radius 3 is 2.05 bits per heavy atom. The standard InChI is InChI=1S/C37H27N/c1-37(2)32-13-6-5-12-29(32)30-17-14-27(22-33(30)37)25-10-7-9-24(20-25)26-16-18-34-31(21-26)36-28-11-4-3-8-23(28)15-19-35(36)38-34/h3-22,38H,1-2H3. The Labute approximate surface area is 222 Å². The van der Waals surface area contributed by atoms with Crippen LogP contribution >= 0.6 is 0 Å². The van der Waals surface area contributed by atoms with Crippen LogP contribution in [0.3, 0.4) is 0 Å². The number of fused-ring (bicyclic) bond motifs is 8. The van der Waals surface area contributed by atoms with Crippen molar-refractivity contribution < 1.29 is 0 Å². The van der Waals surface area contributed by atoms with Crippen LogP contribution in [-0.4, -0.2) is 4.98 Å². The van der Waals surface area contributed by atoms with Crippen LogP contribution in [0, 0.1) is 0 Å². The highest BCUT2D eigenvalue weighted by Crippen LogP contribution is 2.49. The molecule has 1 aliphatic rings. The lowest BCUT2D eigenvalue weighted by Gasteiger charge is -2.22. The number of aromatic nitrogens is 1. The monoisotopic (exact) mass is 485 g/mol. The maximum atomic E-state index is 3.63. The van der Waals surface area contributed by atoms with Gasteiger partial charge in [0.2, 0.25) is 0 Å². The first-order chi connectivity index (χ1) is 18.6. The molecule has 0 radical (unpaired) electrons. The summed E-state index contributed by atoms with van der Waals surface area (Å²) in [6, 6.07) is 44.7. The third kappa shape index (κ3) is 2.99. The van der Waals surface area contributed by atoms with Crippen molar-refractivity contribution in [1.29, 1.82) is 0 Å². The SMILES string of the molecule is CC1(C)c2ccccc2-c2ccc(-c3cccc(-c4ccc5[nH]c6ccc7ccccc7c6c5c4)c3)cc21. The molecule has 180 valence electrons. The minimum atomic E-state index is 0.00267. The Bertz CT molecular complexity index is 2050. The van der Waals surface area contributed by atoms with E-state index in [0.29, 0.717) is 0 Å². The molecule has 0 fully saturated rings. The predicted molar refractivity (Wildman–Crippen MR) is 162 cm³/mol. The molecule has 0 bridgehead atoms. The van der Waals surface area contributed by atoms with Crippen LogP contribution in [0.4, 0.5) is 0 Å². The highest BCUT2D eigenvalue weighted by Gasteiger charge is 2.35. The largest absolute Gasteiger partial charge is 0.354 e. The first-order valence-electron chi connectivity index (χ1n) is 13.4. The fourth-order valence-electron chi connectivity index (χ4n) is 6.61. The molecule has 0 aliphatic heterocycles. The number of hydrogen-bond donors (Lipinski definition) is 1. The molecule has 0 saturated carbocycles. The van der Waals surface area contributed by atoms with Crippen LogP contribution in [0.15, 0.2) is 121 Å². The van der Waals surface area contributed by atoms with E-state index in [2.05, 4.69) is 140 Å². The summed E-state index contributed by atoms with van der Waals surface area (Å²) in [6.45, 7) is 4.69. The molecule has 0 spiro atoms. The van der Waals surface area contributed by atoms with E-state index >= 15 is 0 Å². The molecule has 1 heterocycles. The van der Waals surface area contributed by atoms with E-state index in [4.69, 9.17) is 0 Å². The van der Waals surface area contributed by atoms with Crippen LogP contribution < -0.4 is 0 Å². The molecule has 6 aromatic carbocycles. The van der Waals surface area contributed by atoms with Gasteiger partial charge in [0.05, 0.1) is 0 Å². The van der Waals surface area contributed by atoms with Gasteiger partial charge < -0.3 is 4.98 Å². The molecule has 1 heteroatoms. The molecule has 38 heavy (non-hydrogen) atoms. The van der Waals surface area contributed by atoms with Gasteiger partial charge in [-0.05, 0) is 85.6 Å². The molecule has 1 aromatic heterocycles. The van der Waals surface area contributed by atoms with Crippen molar-refractivity contribution in [2.75, 3.05) is 0 Å². The van der Waals surface area contributed by atoms with Gasteiger partial charge in [-0.1, -0.05) is 105 Å². The normalized spacial score (nSPS) is 13.7. The molecule has 0 unspecified atom stereocenters. The molecule has 1 nitrogen and oxygen atoms in total. The van der Waals surface area contributed by atoms with Crippen molar-refractivity contribution in [2.24, 2.45) is 0 Å². The van der Waals surface area contributed by atoms with E-state index in [0.717, 1.165) is 0 Å². The summed E-state index contributed by atoms with van der Waals surface area (Å²) in [6.07, 6.45) is 0. The van der Waals surface area contributed by atoms with E-state index < -0.39 is 0 Å². The smallest absolute Gasteiger partial charge is 0.0471 e. The predicted octanol–water partition coefficient (Wildman–Crippen LogP) is 10.1. The Balaban J connectivity index is 1.26. The Morgan fingerprint density at radius 1 is 0.474 bits per heavy atom. The Morgan fingerprint density at radius 2 is 1.16 bits per heavy atom. The fraction of sp³-hybridized carbons (Fsp3) is 0.0811. The third-order valence-electron chi connectivity index (χ3n) is 8.60. The summed E-state index contributed by atoms with van der Waals surface area (Å²) in [5.74, 6) is 0. The van der Waals surface area contributed by atoms with Crippen molar-refractivity contribution in [1.82, 2.24) is 4.98 Å². The molecule has 7 aromatic rings. The Kier molecular flexibility index (Phi) is 4.35.